The predicted octanol–water partition coefficient (Wildman–Crippen LogP) is 14.4. The van der Waals surface area contributed by atoms with Crippen LogP contribution >= 0.6 is 0 Å². The van der Waals surface area contributed by atoms with Crippen molar-refractivity contribution in [1.82, 2.24) is 4.57 Å². The van der Waals surface area contributed by atoms with Gasteiger partial charge in [-0.25, -0.2) is 0 Å². The number of rotatable bonds is 8. The summed E-state index contributed by atoms with van der Waals surface area (Å²) in [5.74, 6) is 0.870. The van der Waals surface area contributed by atoms with Crippen molar-refractivity contribution in [3.8, 4) is 0 Å². The molecule has 7 aromatic carbocycles. The number of hydrogen-bond acceptors (Lipinski definition) is 4. The van der Waals surface area contributed by atoms with Crippen molar-refractivity contribution in [2.45, 2.75) is 6.92 Å². The van der Waals surface area contributed by atoms with E-state index in [-0.39, 0.29) is 0 Å². The third-order valence-corrected chi connectivity index (χ3v) is 10.7. The van der Waals surface area contributed by atoms with E-state index in [0.29, 0.717) is 0 Å². The van der Waals surface area contributed by atoms with Crippen LogP contribution in [-0.4, -0.2) is 4.57 Å². The molecule has 0 aliphatic rings. The summed E-state index contributed by atoms with van der Waals surface area (Å²) in [5.41, 5.74) is 12.1. The van der Waals surface area contributed by atoms with E-state index in [0.717, 1.165) is 89.4 Å². The molecule has 0 bridgehead atoms. The van der Waals surface area contributed by atoms with Crippen molar-refractivity contribution in [3.05, 3.63) is 188 Å². The highest BCUT2D eigenvalue weighted by atomic mass is 16.3. The molecule has 5 nitrogen and oxygen atoms in total. The molecule has 0 atom stereocenters. The Kier molecular flexibility index (Phi) is 7.67. The smallest absolute Gasteiger partial charge is 0.137 e. The zero-order valence-electron chi connectivity index (χ0n) is 30.6. The lowest BCUT2D eigenvalue weighted by atomic mass is 10.0. The third kappa shape index (κ3) is 5.32. The van der Waals surface area contributed by atoms with Crippen LogP contribution in [0.3, 0.4) is 0 Å². The van der Waals surface area contributed by atoms with Crippen LogP contribution in [-0.2, 0) is 7.05 Å². The van der Waals surface area contributed by atoms with Gasteiger partial charge in [-0.15, -0.1) is 0 Å². The maximum Gasteiger partial charge on any atom is 0.137 e. The SMILES string of the molecule is C=C/C=C\c1c(C)oc2ccc(N(c3ccccc3)c3cc(N(c4ccccc4)c4ccc5c(c4)oc4ccccc45)cc4c3c3ccccc3n4C)cc12. The molecule has 264 valence electrons. The molecule has 10 rings (SSSR count). The summed E-state index contributed by atoms with van der Waals surface area (Å²) in [7, 11) is 2.16. The Bertz CT molecular complexity index is 3090. The molecule has 0 aliphatic heterocycles. The average Bonchev–Trinajstić information content (AvgIpc) is 3.85. The van der Waals surface area contributed by atoms with Gasteiger partial charge in [0.15, 0.2) is 0 Å². The number of para-hydroxylation sites is 4. The third-order valence-electron chi connectivity index (χ3n) is 10.7. The lowest BCUT2D eigenvalue weighted by molar-refractivity contribution is 0.577. The van der Waals surface area contributed by atoms with Crippen LogP contribution < -0.4 is 9.80 Å². The Balaban J connectivity index is 1.28. The van der Waals surface area contributed by atoms with Gasteiger partial charge in [0.2, 0.25) is 0 Å². The summed E-state index contributed by atoms with van der Waals surface area (Å²) < 4.78 is 15.0. The van der Waals surface area contributed by atoms with Crippen LogP contribution in [0.25, 0.3) is 60.8 Å². The first kappa shape index (κ1) is 32.4. The van der Waals surface area contributed by atoms with Gasteiger partial charge >= 0.3 is 0 Å². The monoisotopic (exact) mass is 711 g/mol. The second kappa shape index (κ2) is 13.0. The molecule has 55 heavy (non-hydrogen) atoms. The maximum absolute atomic E-state index is 6.44. The summed E-state index contributed by atoms with van der Waals surface area (Å²) in [4.78, 5) is 4.71. The minimum Gasteiger partial charge on any atom is -0.461 e. The molecule has 0 radical (unpaired) electrons. The molecule has 0 aliphatic carbocycles. The van der Waals surface area contributed by atoms with E-state index in [9.17, 15) is 0 Å². The van der Waals surface area contributed by atoms with Crippen LogP contribution in [0.1, 0.15) is 11.3 Å². The van der Waals surface area contributed by atoms with Gasteiger partial charge in [-0.3, -0.25) is 0 Å². The van der Waals surface area contributed by atoms with E-state index >= 15 is 0 Å². The first-order chi connectivity index (χ1) is 27.1. The van der Waals surface area contributed by atoms with Gasteiger partial charge in [0.25, 0.3) is 0 Å². The van der Waals surface area contributed by atoms with Crippen molar-refractivity contribution in [2.75, 3.05) is 9.80 Å². The quantitative estimate of drug-likeness (QED) is 0.147. The number of allylic oxidation sites excluding steroid dienone is 2. The Labute approximate surface area is 318 Å². The summed E-state index contributed by atoms with van der Waals surface area (Å²) in [6.07, 6.45) is 5.83. The summed E-state index contributed by atoms with van der Waals surface area (Å²) in [6.45, 7) is 5.92. The minimum absolute atomic E-state index is 0.846. The van der Waals surface area contributed by atoms with E-state index in [1.165, 1.54) is 10.8 Å². The number of hydrogen-bond donors (Lipinski definition) is 0. The highest BCUT2D eigenvalue weighted by Gasteiger charge is 2.25. The van der Waals surface area contributed by atoms with Crippen molar-refractivity contribution in [1.29, 1.82) is 0 Å². The second-order valence-electron chi connectivity index (χ2n) is 13.9. The van der Waals surface area contributed by atoms with Crippen LogP contribution in [0.15, 0.2) is 185 Å². The first-order valence-corrected chi connectivity index (χ1v) is 18.5. The minimum atomic E-state index is 0.846. The zero-order chi connectivity index (χ0) is 37.0. The molecule has 0 saturated heterocycles. The van der Waals surface area contributed by atoms with E-state index in [4.69, 9.17) is 8.83 Å². The molecule has 0 amide bonds. The Morgan fingerprint density at radius 2 is 1.15 bits per heavy atom. The molecule has 3 aromatic heterocycles. The van der Waals surface area contributed by atoms with Gasteiger partial charge in [0.1, 0.15) is 22.5 Å². The van der Waals surface area contributed by atoms with E-state index in [1.807, 2.05) is 25.1 Å². The van der Waals surface area contributed by atoms with Crippen LogP contribution in [0.2, 0.25) is 0 Å². The van der Waals surface area contributed by atoms with E-state index < -0.39 is 0 Å². The largest absolute Gasteiger partial charge is 0.461 e. The number of furan rings is 2. The molecule has 10 aromatic rings. The standard InChI is InChI=1S/C50H37N3O2/c1-4-5-20-39-33(2)54-48-28-26-36(29-43(39)48)53(35-18-10-7-11-19-35)46-31-38(30-45-50(46)42-22-12-14-23-44(42)51(45)3)52(34-16-8-6-9-17-34)37-25-27-41-40-21-13-15-24-47(40)55-49(41)32-37/h4-32H,1H2,2-3H3/b20-5-. The molecule has 0 fully saturated rings. The molecular formula is C50H37N3O2. The van der Waals surface area contributed by atoms with Gasteiger partial charge < -0.3 is 23.2 Å². The molecular weight excluding hydrogens is 675 g/mol. The first-order valence-electron chi connectivity index (χ1n) is 18.5. The van der Waals surface area contributed by atoms with Gasteiger partial charge in [0.05, 0.1) is 16.9 Å². The second-order valence-corrected chi connectivity index (χ2v) is 13.9. The van der Waals surface area contributed by atoms with Crippen LogP contribution in [0.4, 0.5) is 34.1 Å². The van der Waals surface area contributed by atoms with Crippen molar-refractivity contribution >= 4 is 94.9 Å². The lowest BCUT2D eigenvalue weighted by Crippen LogP contribution is -2.14. The van der Waals surface area contributed by atoms with Gasteiger partial charge in [-0.05, 0) is 85.8 Å². The van der Waals surface area contributed by atoms with Gasteiger partial charge in [-0.1, -0.05) is 97.6 Å². The molecule has 5 heteroatoms. The fourth-order valence-electron chi connectivity index (χ4n) is 8.17. The fraction of sp³-hybridized carbons (Fsp3) is 0.0400. The number of aromatic nitrogens is 1. The topological polar surface area (TPSA) is 37.7 Å². The number of aryl methyl sites for hydroxylation is 2. The number of benzene rings is 7. The molecule has 3 heterocycles. The molecule has 0 spiro atoms. The highest BCUT2D eigenvalue weighted by Crippen LogP contribution is 2.48. The van der Waals surface area contributed by atoms with Crippen LogP contribution in [0, 0.1) is 6.92 Å². The van der Waals surface area contributed by atoms with Crippen molar-refractivity contribution in [3.63, 3.8) is 0 Å². The van der Waals surface area contributed by atoms with Gasteiger partial charge in [-0.2, -0.15) is 0 Å². The normalized spacial score (nSPS) is 11.8. The fourth-order valence-corrected chi connectivity index (χ4v) is 8.17. The zero-order valence-corrected chi connectivity index (χ0v) is 30.6. The van der Waals surface area contributed by atoms with Crippen molar-refractivity contribution in [2.24, 2.45) is 7.05 Å². The van der Waals surface area contributed by atoms with E-state index in [2.05, 4.69) is 180 Å². The number of nitrogens with zero attached hydrogens (tertiary/aromatic N) is 3. The van der Waals surface area contributed by atoms with E-state index in [1.54, 1.807) is 6.08 Å². The lowest BCUT2D eigenvalue weighted by Gasteiger charge is -2.30. The number of fused-ring (bicyclic) bond motifs is 7. The summed E-state index contributed by atoms with van der Waals surface area (Å²) in [6, 6.07) is 55.8. The average molecular weight is 712 g/mol. The maximum atomic E-state index is 6.44. The molecule has 0 unspecified atom stereocenters. The number of anilines is 6. The van der Waals surface area contributed by atoms with Gasteiger partial charge in [0, 0.05) is 73.9 Å². The summed E-state index contributed by atoms with van der Waals surface area (Å²) >= 11 is 0. The predicted molar refractivity (Wildman–Crippen MR) is 231 cm³/mol. The summed E-state index contributed by atoms with van der Waals surface area (Å²) in [5, 5.41) is 5.61. The van der Waals surface area contributed by atoms with Crippen molar-refractivity contribution < 1.29 is 8.83 Å². The molecule has 0 N–H and O–H groups in total. The highest BCUT2D eigenvalue weighted by molar-refractivity contribution is 6.17. The molecule has 0 saturated carbocycles. The Morgan fingerprint density at radius 1 is 0.509 bits per heavy atom. The Morgan fingerprint density at radius 3 is 1.93 bits per heavy atom. The Hall–Kier alpha value is -7.24. The van der Waals surface area contributed by atoms with Crippen LogP contribution in [0.5, 0.6) is 0 Å².